The molecular weight excluding hydrogens is 264 g/mol. The molecule has 1 saturated carbocycles. The molecule has 21 heavy (non-hydrogen) atoms. The topological polar surface area (TPSA) is 35.5 Å². The van der Waals surface area contributed by atoms with Gasteiger partial charge in [-0.2, -0.15) is 0 Å². The first-order valence-electron chi connectivity index (χ1n) is 7.71. The molecule has 1 aromatic carbocycles. The molecule has 1 aromatic rings. The summed E-state index contributed by atoms with van der Waals surface area (Å²) in [6, 6.07) is 6.35. The van der Waals surface area contributed by atoms with Gasteiger partial charge in [-0.3, -0.25) is 4.79 Å². The second-order valence-electron chi connectivity index (χ2n) is 6.96. The summed E-state index contributed by atoms with van der Waals surface area (Å²) in [5.41, 5.74) is 2.39. The number of hydrogen-bond donors (Lipinski definition) is 0. The fourth-order valence-corrected chi connectivity index (χ4v) is 4.74. The maximum absolute atomic E-state index is 12.4. The van der Waals surface area contributed by atoms with Crippen molar-refractivity contribution in [2.45, 2.75) is 44.9 Å². The predicted octanol–water partition coefficient (Wildman–Crippen LogP) is 3.49. The van der Waals surface area contributed by atoms with E-state index in [1.54, 1.807) is 7.11 Å². The summed E-state index contributed by atoms with van der Waals surface area (Å²) in [6.45, 7) is 4.40. The lowest BCUT2D eigenvalue weighted by Gasteiger charge is -2.47. The van der Waals surface area contributed by atoms with Crippen molar-refractivity contribution in [2.75, 3.05) is 14.2 Å². The molecule has 114 valence electrons. The van der Waals surface area contributed by atoms with Crippen molar-refractivity contribution >= 4 is 5.97 Å². The molecule has 0 aromatic heterocycles. The molecule has 0 amide bonds. The van der Waals surface area contributed by atoms with Crippen LogP contribution in [0.1, 0.15) is 44.2 Å². The molecule has 3 atom stereocenters. The van der Waals surface area contributed by atoms with Gasteiger partial charge in [0.2, 0.25) is 0 Å². The number of fused-ring (bicyclic) bond motifs is 3. The molecule has 0 bridgehead atoms. The van der Waals surface area contributed by atoms with Crippen LogP contribution in [0.4, 0.5) is 0 Å². The number of benzene rings is 1. The van der Waals surface area contributed by atoms with Crippen LogP contribution in [0.25, 0.3) is 0 Å². The average Bonchev–Trinajstić information content (AvgIpc) is 2.80. The summed E-state index contributed by atoms with van der Waals surface area (Å²) in [6.07, 6.45) is 4.08. The molecule has 0 unspecified atom stereocenters. The molecule has 0 N–H and O–H groups in total. The van der Waals surface area contributed by atoms with E-state index in [9.17, 15) is 4.79 Å². The summed E-state index contributed by atoms with van der Waals surface area (Å²) < 4.78 is 10.5. The van der Waals surface area contributed by atoms with Crippen LogP contribution >= 0.6 is 0 Å². The van der Waals surface area contributed by atoms with Crippen LogP contribution < -0.4 is 4.74 Å². The third-order valence-electron chi connectivity index (χ3n) is 5.94. The Kier molecular flexibility index (Phi) is 3.27. The third kappa shape index (κ3) is 1.90. The van der Waals surface area contributed by atoms with Crippen LogP contribution in [-0.4, -0.2) is 20.2 Å². The van der Waals surface area contributed by atoms with Crippen LogP contribution in [0.2, 0.25) is 0 Å². The van der Waals surface area contributed by atoms with Gasteiger partial charge in [-0.05, 0) is 60.8 Å². The molecule has 3 heteroatoms. The van der Waals surface area contributed by atoms with Gasteiger partial charge in [0.1, 0.15) is 5.75 Å². The quantitative estimate of drug-likeness (QED) is 0.781. The van der Waals surface area contributed by atoms with Gasteiger partial charge in [-0.25, -0.2) is 0 Å². The fourth-order valence-electron chi connectivity index (χ4n) is 4.74. The molecule has 0 saturated heterocycles. The van der Waals surface area contributed by atoms with Gasteiger partial charge in [-0.15, -0.1) is 0 Å². The summed E-state index contributed by atoms with van der Waals surface area (Å²) in [7, 11) is 3.21. The zero-order chi connectivity index (χ0) is 15.3. The van der Waals surface area contributed by atoms with Gasteiger partial charge in [0.05, 0.1) is 19.6 Å². The summed E-state index contributed by atoms with van der Waals surface area (Å²) in [5.74, 6) is 1.16. The van der Waals surface area contributed by atoms with E-state index in [1.807, 2.05) is 6.07 Å². The van der Waals surface area contributed by atoms with E-state index in [0.717, 1.165) is 31.4 Å². The molecule has 0 aliphatic heterocycles. The van der Waals surface area contributed by atoms with Crippen molar-refractivity contribution in [3.63, 3.8) is 0 Å². The van der Waals surface area contributed by atoms with E-state index >= 15 is 0 Å². The third-order valence-corrected chi connectivity index (χ3v) is 5.94. The van der Waals surface area contributed by atoms with Crippen molar-refractivity contribution in [2.24, 2.45) is 11.3 Å². The Morgan fingerprint density at radius 1 is 1.24 bits per heavy atom. The smallest absolute Gasteiger partial charge is 0.311 e. The van der Waals surface area contributed by atoms with E-state index in [4.69, 9.17) is 9.47 Å². The van der Waals surface area contributed by atoms with Gasteiger partial charge in [-0.1, -0.05) is 19.4 Å². The highest BCUT2D eigenvalue weighted by Gasteiger charge is 2.57. The molecule has 3 rings (SSSR count). The second kappa shape index (κ2) is 4.75. The minimum absolute atomic E-state index is 0.0467. The standard InChI is InChI=1S/C18H24O3/c1-17-8-5-9-18(2,16(19)21-4)15(17)10-12-6-7-13(20-3)11-14(12)17/h6-7,11,15H,5,8-10H2,1-4H3/t15-,17+,18-/m1/s1. The Morgan fingerprint density at radius 2 is 2.00 bits per heavy atom. The van der Waals surface area contributed by atoms with Crippen LogP contribution in [0.3, 0.4) is 0 Å². The Bertz CT molecular complexity index is 580. The number of esters is 1. The molecule has 0 radical (unpaired) electrons. The first kappa shape index (κ1) is 14.4. The highest BCUT2D eigenvalue weighted by Crippen LogP contribution is 2.59. The molecule has 2 aliphatic carbocycles. The fraction of sp³-hybridized carbons (Fsp3) is 0.611. The monoisotopic (exact) mass is 288 g/mol. The van der Waals surface area contributed by atoms with Crippen LogP contribution in [0.5, 0.6) is 5.75 Å². The SMILES string of the molecule is COC(=O)[C@]1(C)CCC[C@@]2(C)c3cc(OC)ccc3C[C@@H]12. The van der Waals surface area contributed by atoms with Gasteiger partial charge >= 0.3 is 5.97 Å². The minimum atomic E-state index is -0.381. The summed E-state index contributed by atoms with van der Waals surface area (Å²) in [5, 5.41) is 0. The van der Waals surface area contributed by atoms with E-state index in [2.05, 4.69) is 26.0 Å². The van der Waals surface area contributed by atoms with Crippen molar-refractivity contribution in [1.29, 1.82) is 0 Å². The second-order valence-corrected chi connectivity index (χ2v) is 6.96. The Morgan fingerprint density at radius 3 is 2.67 bits per heavy atom. The number of carbonyl (C=O) groups is 1. The maximum Gasteiger partial charge on any atom is 0.311 e. The first-order chi connectivity index (χ1) is 9.95. The minimum Gasteiger partial charge on any atom is -0.497 e. The lowest BCUT2D eigenvalue weighted by molar-refractivity contribution is -0.159. The van der Waals surface area contributed by atoms with Gasteiger partial charge in [0, 0.05) is 0 Å². The molecule has 3 nitrogen and oxygen atoms in total. The van der Waals surface area contributed by atoms with Crippen molar-refractivity contribution in [3.05, 3.63) is 29.3 Å². The lowest BCUT2D eigenvalue weighted by atomic mass is 9.56. The van der Waals surface area contributed by atoms with Crippen LogP contribution in [-0.2, 0) is 21.4 Å². The molecule has 0 heterocycles. The van der Waals surface area contributed by atoms with Gasteiger partial charge < -0.3 is 9.47 Å². The Balaban J connectivity index is 2.08. The normalized spacial score (nSPS) is 34.0. The molecule has 2 aliphatic rings. The molecule has 1 fully saturated rings. The summed E-state index contributed by atoms with van der Waals surface area (Å²) in [4.78, 5) is 12.4. The van der Waals surface area contributed by atoms with E-state index in [0.29, 0.717) is 5.92 Å². The zero-order valence-electron chi connectivity index (χ0n) is 13.4. The predicted molar refractivity (Wildman–Crippen MR) is 81.5 cm³/mol. The van der Waals surface area contributed by atoms with E-state index < -0.39 is 0 Å². The van der Waals surface area contributed by atoms with Gasteiger partial charge in [0.15, 0.2) is 0 Å². The van der Waals surface area contributed by atoms with Crippen molar-refractivity contribution in [1.82, 2.24) is 0 Å². The zero-order valence-corrected chi connectivity index (χ0v) is 13.4. The number of ether oxygens (including phenoxy) is 2. The maximum atomic E-state index is 12.4. The largest absolute Gasteiger partial charge is 0.497 e. The van der Waals surface area contributed by atoms with Crippen LogP contribution in [0.15, 0.2) is 18.2 Å². The average molecular weight is 288 g/mol. The van der Waals surface area contributed by atoms with Crippen molar-refractivity contribution < 1.29 is 14.3 Å². The van der Waals surface area contributed by atoms with E-state index in [-0.39, 0.29) is 16.8 Å². The number of rotatable bonds is 2. The Labute approximate surface area is 126 Å². The first-order valence-corrected chi connectivity index (χ1v) is 7.71. The van der Waals surface area contributed by atoms with Crippen LogP contribution in [0, 0.1) is 11.3 Å². The molecular formula is C18H24O3. The highest BCUT2D eigenvalue weighted by atomic mass is 16.5. The summed E-state index contributed by atoms with van der Waals surface area (Å²) >= 11 is 0. The van der Waals surface area contributed by atoms with Crippen molar-refractivity contribution in [3.8, 4) is 5.75 Å². The van der Waals surface area contributed by atoms with E-state index in [1.165, 1.54) is 18.2 Å². The van der Waals surface area contributed by atoms with Gasteiger partial charge in [0.25, 0.3) is 0 Å². The lowest BCUT2D eigenvalue weighted by Crippen LogP contribution is -2.48. The number of carbonyl (C=O) groups excluding carboxylic acids is 1. The molecule has 0 spiro atoms. The number of methoxy groups -OCH3 is 2. The number of hydrogen-bond acceptors (Lipinski definition) is 3. The highest BCUT2D eigenvalue weighted by molar-refractivity contribution is 5.77. The Hall–Kier alpha value is -1.51.